The van der Waals surface area contributed by atoms with Gasteiger partial charge >= 0.3 is 0 Å². The van der Waals surface area contributed by atoms with E-state index in [0.29, 0.717) is 23.1 Å². The summed E-state index contributed by atoms with van der Waals surface area (Å²) in [6, 6.07) is 6.63. The van der Waals surface area contributed by atoms with Crippen LogP contribution in [-0.4, -0.2) is 51.7 Å². The van der Waals surface area contributed by atoms with E-state index in [9.17, 15) is 13.2 Å². The maximum Gasteiger partial charge on any atom is 0.253 e. The van der Waals surface area contributed by atoms with Crippen LogP contribution in [0.1, 0.15) is 23.2 Å². The van der Waals surface area contributed by atoms with Gasteiger partial charge in [0.15, 0.2) is 0 Å². The first-order chi connectivity index (χ1) is 10.9. The number of likely N-dealkylation sites (tertiary alicyclic amines) is 1. The van der Waals surface area contributed by atoms with Gasteiger partial charge in [-0.25, -0.2) is 8.42 Å². The maximum absolute atomic E-state index is 12.6. The molecule has 2 aliphatic heterocycles. The Hall–Kier alpha value is -1.60. The molecule has 0 bridgehead atoms. The molecule has 2 heterocycles. The zero-order valence-corrected chi connectivity index (χ0v) is 14.1. The Bertz CT molecular complexity index is 658. The summed E-state index contributed by atoms with van der Waals surface area (Å²) in [5.41, 5.74) is 1.08. The lowest BCUT2D eigenvalue weighted by Crippen LogP contribution is -2.32. The van der Waals surface area contributed by atoms with Gasteiger partial charge in [0, 0.05) is 24.3 Å². The van der Waals surface area contributed by atoms with Crippen LogP contribution in [0, 0.1) is 11.8 Å². The number of nitrogens with one attached hydrogen (secondary N) is 2. The number of fused-ring (bicyclic) bond motifs is 1. The quantitative estimate of drug-likeness (QED) is 0.867. The lowest BCUT2D eigenvalue weighted by molar-refractivity contribution is 0.0758. The Balaban J connectivity index is 1.65. The summed E-state index contributed by atoms with van der Waals surface area (Å²) in [6.45, 7) is 3.73. The fourth-order valence-electron chi connectivity index (χ4n) is 3.50. The molecule has 2 N–H and O–H groups in total. The Labute approximate surface area is 137 Å². The molecule has 2 aliphatic rings. The molecule has 0 saturated carbocycles. The van der Waals surface area contributed by atoms with Gasteiger partial charge in [-0.1, -0.05) is 0 Å². The molecule has 2 atom stereocenters. The molecule has 3 rings (SSSR count). The first kappa shape index (κ1) is 16.3. The highest BCUT2D eigenvalue weighted by molar-refractivity contribution is 7.92. The minimum absolute atomic E-state index is 0.0313. The second kappa shape index (κ2) is 6.49. The summed E-state index contributed by atoms with van der Waals surface area (Å²) in [4.78, 5) is 14.6. The summed E-state index contributed by atoms with van der Waals surface area (Å²) in [5, 5.41) is 3.43. The van der Waals surface area contributed by atoms with Crippen LogP contribution in [0.25, 0.3) is 0 Å². The summed E-state index contributed by atoms with van der Waals surface area (Å²) in [6.07, 6.45) is 3.21. The molecule has 0 aliphatic carbocycles. The standard InChI is InChI=1S/C16H23N3O3S/c1-23(21,22)18-15-4-2-12(3-5-15)16(20)19-8-6-13-10-17-11-14(13)7-9-19/h2-5,13-14,17-18H,6-11H2,1H3/t13-,14+. The van der Waals surface area contributed by atoms with Crippen molar-refractivity contribution in [1.29, 1.82) is 0 Å². The van der Waals surface area contributed by atoms with E-state index in [1.807, 2.05) is 4.90 Å². The van der Waals surface area contributed by atoms with Crippen molar-refractivity contribution in [1.82, 2.24) is 10.2 Å². The van der Waals surface area contributed by atoms with Crippen LogP contribution in [-0.2, 0) is 10.0 Å². The average Bonchev–Trinajstić information content (AvgIpc) is 2.84. The first-order valence-electron chi connectivity index (χ1n) is 8.00. The molecular weight excluding hydrogens is 314 g/mol. The predicted octanol–water partition coefficient (Wildman–Crippen LogP) is 1.13. The van der Waals surface area contributed by atoms with Crippen molar-refractivity contribution >= 4 is 21.6 Å². The highest BCUT2D eigenvalue weighted by Crippen LogP contribution is 2.27. The van der Waals surface area contributed by atoms with Crippen LogP contribution < -0.4 is 10.0 Å². The number of hydrogen-bond donors (Lipinski definition) is 2. The number of carbonyl (C=O) groups is 1. The molecular formula is C16H23N3O3S. The van der Waals surface area contributed by atoms with Gasteiger partial charge in [-0.3, -0.25) is 9.52 Å². The average molecular weight is 337 g/mol. The number of sulfonamides is 1. The summed E-state index contributed by atoms with van der Waals surface area (Å²) in [5.74, 6) is 1.41. The van der Waals surface area contributed by atoms with Crippen molar-refractivity contribution in [2.75, 3.05) is 37.2 Å². The Morgan fingerprint density at radius 2 is 1.70 bits per heavy atom. The number of benzene rings is 1. The molecule has 1 amide bonds. The molecule has 6 nitrogen and oxygen atoms in total. The smallest absolute Gasteiger partial charge is 0.253 e. The van der Waals surface area contributed by atoms with Crippen LogP contribution in [0.15, 0.2) is 24.3 Å². The van der Waals surface area contributed by atoms with Crippen molar-refractivity contribution < 1.29 is 13.2 Å². The van der Waals surface area contributed by atoms with Gasteiger partial charge in [-0.2, -0.15) is 0 Å². The zero-order chi connectivity index (χ0) is 16.4. The molecule has 0 unspecified atom stereocenters. The largest absolute Gasteiger partial charge is 0.339 e. The van der Waals surface area contributed by atoms with Gasteiger partial charge < -0.3 is 10.2 Å². The van der Waals surface area contributed by atoms with Crippen molar-refractivity contribution in [3.05, 3.63) is 29.8 Å². The number of hydrogen-bond acceptors (Lipinski definition) is 4. The number of nitrogens with zero attached hydrogens (tertiary/aromatic N) is 1. The van der Waals surface area contributed by atoms with Crippen LogP contribution in [0.3, 0.4) is 0 Å². The van der Waals surface area contributed by atoms with E-state index in [0.717, 1.165) is 45.3 Å². The Morgan fingerprint density at radius 3 is 2.22 bits per heavy atom. The predicted molar refractivity (Wildman–Crippen MR) is 89.9 cm³/mol. The molecule has 23 heavy (non-hydrogen) atoms. The lowest BCUT2D eigenvalue weighted by Gasteiger charge is -2.21. The van der Waals surface area contributed by atoms with E-state index in [-0.39, 0.29) is 5.91 Å². The van der Waals surface area contributed by atoms with E-state index in [4.69, 9.17) is 0 Å². The van der Waals surface area contributed by atoms with Crippen LogP contribution in [0.4, 0.5) is 5.69 Å². The van der Waals surface area contributed by atoms with E-state index in [1.54, 1.807) is 24.3 Å². The molecule has 1 aromatic rings. The monoisotopic (exact) mass is 337 g/mol. The Kier molecular flexibility index (Phi) is 4.59. The highest BCUT2D eigenvalue weighted by atomic mass is 32.2. The van der Waals surface area contributed by atoms with E-state index in [1.165, 1.54) is 0 Å². The summed E-state index contributed by atoms with van der Waals surface area (Å²) < 4.78 is 24.8. The summed E-state index contributed by atoms with van der Waals surface area (Å²) in [7, 11) is -3.30. The molecule has 7 heteroatoms. The minimum Gasteiger partial charge on any atom is -0.339 e. The van der Waals surface area contributed by atoms with Gasteiger partial charge in [-0.05, 0) is 62.0 Å². The van der Waals surface area contributed by atoms with Gasteiger partial charge in [0.2, 0.25) is 10.0 Å². The van der Waals surface area contributed by atoms with Crippen LogP contribution in [0.2, 0.25) is 0 Å². The molecule has 126 valence electrons. The zero-order valence-electron chi connectivity index (χ0n) is 13.3. The fraction of sp³-hybridized carbons (Fsp3) is 0.562. The topological polar surface area (TPSA) is 78.5 Å². The SMILES string of the molecule is CS(=O)(=O)Nc1ccc(C(=O)N2CC[C@@H]3CNC[C@@H]3CC2)cc1. The van der Waals surface area contributed by atoms with E-state index < -0.39 is 10.0 Å². The second-order valence-electron chi connectivity index (χ2n) is 6.50. The molecule has 0 aromatic heterocycles. The van der Waals surface area contributed by atoms with Crippen molar-refractivity contribution in [2.24, 2.45) is 11.8 Å². The minimum atomic E-state index is -3.30. The lowest BCUT2D eigenvalue weighted by atomic mass is 9.92. The third-order valence-electron chi connectivity index (χ3n) is 4.74. The second-order valence-corrected chi connectivity index (χ2v) is 8.25. The van der Waals surface area contributed by atoms with Gasteiger partial charge in [0.05, 0.1) is 6.26 Å². The number of carbonyl (C=O) groups excluding carboxylic acids is 1. The molecule has 2 fully saturated rings. The van der Waals surface area contributed by atoms with Gasteiger partial charge in [-0.15, -0.1) is 0 Å². The number of amides is 1. The third kappa shape index (κ3) is 4.03. The fourth-order valence-corrected chi connectivity index (χ4v) is 4.06. The number of rotatable bonds is 3. The van der Waals surface area contributed by atoms with E-state index >= 15 is 0 Å². The van der Waals surface area contributed by atoms with Crippen molar-refractivity contribution in [2.45, 2.75) is 12.8 Å². The van der Waals surface area contributed by atoms with Crippen LogP contribution in [0.5, 0.6) is 0 Å². The molecule has 0 spiro atoms. The molecule has 0 radical (unpaired) electrons. The third-order valence-corrected chi connectivity index (χ3v) is 5.35. The van der Waals surface area contributed by atoms with Crippen LogP contribution >= 0.6 is 0 Å². The number of anilines is 1. The van der Waals surface area contributed by atoms with Gasteiger partial charge in [0.1, 0.15) is 0 Å². The maximum atomic E-state index is 12.6. The first-order valence-corrected chi connectivity index (χ1v) is 9.89. The Morgan fingerprint density at radius 1 is 1.13 bits per heavy atom. The van der Waals surface area contributed by atoms with Gasteiger partial charge in [0.25, 0.3) is 5.91 Å². The van der Waals surface area contributed by atoms with Crippen molar-refractivity contribution in [3.8, 4) is 0 Å². The molecule has 1 aromatic carbocycles. The highest BCUT2D eigenvalue weighted by Gasteiger charge is 2.31. The van der Waals surface area contributed by atoms with E-state index in [2.05, 4.69) is 10.0 Å². The molecule has 2 saturated heterocycles. The summed E-state index contributed by atoms with van der Waals surface area (Å²) >= 11 is 0. The van der Waals surface area contributed by atoms with Crippen molar-refractivity contribution in [3.63, 3.8) is 0 Å². The normalized spacial score (nSPS) is 24.8.